The molecule has 2 aliphatic rings. The number of aliphatic carboxylic acids is 1. The van der Waals surface area contributed by atoms with Gasteiger partial charge in [-0.1, -0.05) is 24.8 Å². The molecule has 19 heavy (non-hydrogen) atoms. The van der Waals surface area contributed by atoms with Crippen LogP contribution in [0.4, 0.5) is 0 Å². The lowest BCUT2D eigenvalue weighted by atomic mass is 10.1. The highest BCUT2D eigenvalue weighted by Crippen LogP contribution is 2.43. The van der Waals surface area contributed by atoms with E-state index in [4.69, 9.17) is 5.11 Å². The van der Waals surface area contributed by atoms with Crippen molar-refractivity contribution in [2.45, 2.75) is 25.3 Å². The van der Waals surface area contributed by atoms with E-state index in [-0.39, 0.29) is 18.4 Å². The van der Waals surface area contributed by atoms with Crippen molar-refractivity contribution < 1.29 is 14.7 Å². The largest absolute Gasteiger partial charge is 0.481 e. The van der Waals surface area contributed by atoms with Crippen LogP contribution in [-0.4, -0.2) is 27.9 Å². The first-order chi connectivity index (χ1) is 9.09. The molecular formula is C15H15NO3. The molecule has 0 spiro atoms. The Labute approximate surface area is 111 Å². The Kier molecular flexibility index (Phi) is 2.66. The summed E-state index contributed by atoms with van der Waals surface area (Å²) < 4.78 is 0. The molecule has 1 saturated carbocycles. The van der Waals surface area contributed by atoms with Crippen LogP contribution in [0.5, 0.6) is 0 Å². The maximum atomic E-state index is 12.4. The molecule has 1 aliphatic carbocycles. The number of nitrogens with zero attached hydrogens (tertiary/aromatic N) is 1. The first kappa shape index (κ1) is 12.0. The van der Waals surface area contributed by atoms with E-state index in [1.165, 1.54) is 0 Å². The van der Waals surface area contributed by atoms with Gasteiger partial charge in [0.2, 0.25) is 0 Å². The van der Waals surface area contributed by atoms with Crippen LogP contribution < -0.4 is 0 Å². The lowest BCUT2D eigenvalue weighted by Gasteiger charge is -2.27. The maximum Gasteiger partial charge on any atom is 0.305 e. The monoisotopic (exact) mass is 257 g/mol. The fraction of sp³-hybridized carbons (Fsp3) is 0.333. The van der Waals surface area contributed by atoms with Gasteiger partial charge in [0.25, 0.3) is 5.91 Å². The van der Waals surface area contributed by atoms with E-state index in [0.29, 0.717) is 17.2 Å². The standard InChI is InChI=1S/C15H15NO3/c1-9-11-4-2-3-5-12(11)15(19)16(9)13(8-14(17)18)10-6-7-10/h2-5,10,13H,1,6-8H2,(H,17,18). The van der Waals surface area contributed by atoms with Crippen LogP contribution in [0.15, 0.2) is 30.8 Å². The van der Waals surface area contributed by atoms with Crippen LogP contribution in [0.25, 0.3) is 5.70 Å². The Hall–Kier alpha value is -2.10. The fourth-order valence-electron chi connectivity index (χ4n) is 2.78. The number of carboxylic acids is 1. The average Bonchev–Trinajstić information content (AvgIpc) is 3.18. The zero-order chi connectivity index (χ0) is 13.6. The number of amides is 1. The maximum absolute atomic E-state index is 12.4. The van der Waals surface area contributed by atoms with E-state index in [9.17, 15) is 9.59 Å². The van der Waals surface area contributed by atoms with Crippen molar-refractivity contribution in [1.82, 2.24) is 4.90 Å². The van der Waals surface area contributed by atoms with Crippen molar-refractivity contribution >= 4 is 17.6 Å². The predicted molar refractivity (Wildman–Crippen MR) is 70.4 cm³/mol. The Bertz CT molecular complexity index is 540. The smallest absolute Gasteiger partial charge is 0.305 e. The lowest BCUT2D eigenvalue weighted by Crippen LogP contribution is -2.38. The molecular weight excluding hydrogens is 242 g/mol. The predicted octanol–water partition coefficient (Wildman–Crippen LogP) is 2.37. The summed E-state index contributed by atoms with van der Waals surface area (Å²) in [6.07, 6.45) is 1.97. The van der Waals surface area contributed by atoms with E-state index in [0.717, 1.165) is 18.4 Å². The van der Waals surface area contributed by atoms with Gasteiger partial charge in [0, 0.05) is 16.8 Å². The number of hydrogen-bond acceptors (Lipinski definition) is 2. The van der Waals surface area contributed by atoms with Crippen LogP contribution in [0, 0.1) is 5.92 Å². The second kappa shape index (κ2) is 4.23. The number of carboxylic acid groups (broad SMARTS) is 1. The summed E-state index contributed by atoms with van der Waals surface area (Å²) in [6, 6.07) is 7.05. The number of hydrogen-bond donors (Lipinski definition) is 1. The summed E-state index contributed by atoms with van der Waals surface area (Å²) in [4.78, 5) is 25.0. The van der Waals surface area contributed by atoms with Crippen molar-refractivity contribution in [2.75, 3.05) is 0 Å². The van der Waals surface area contributed by atoms with Gasteiger partial charge in [0.1, 0.15) is 0 Å². The molecule has 1 N–H and O–H groups in total. The first-order valence-electron chi connectivity index (χ1n) is 6.43. The number of benzene rings is 1. The highest BCUT2D eigenvalue weighted by molar-refractivity contribution is 6.09. The van der Waals surface area contributed by atoms with Gasteiger partial charge in [-0.05, 0) is 24.8 Å². The Morgan fingerprint density at radius 1 is 1.37 bits per heavy atom. The number of rotatable bonds is 4. The quantitative estimate of drug-likeness (QED) is 0.900. The van der Waals surface area contributed by atoms with Crippen molar-refractivity contribution in [3.8, 4) is 0 Å². The molecule has 98 valence electrons. The molecule has 1 heterocycles. The van der Waals surface area contributed by atoms with E-state index in [1.807, 2.05) is 18.2 Å². The molecule has 1 amide bonds. The Morgan fingerprint density at radius 3 is 2.53 bits per heavy atom. The SMILES string of the molecule is C=C1c2ccccc2C(=O)N1C(CC(=O)O)C1CC1. The van der Waals surface area contributed by atoms with E-state index < -0.39 is 5.97 Å². The van der Waals surface area contributed by atoms with Crippen molar-refractivity contribution in [3.05, 3.63) is 42.0 Å². The highest BCUT2D eigenvalue weighted by atomic mass is 16.4. The number of carbonyl (C=O) groups excluding carboxylic acids is 1. The first-order valence-corrected chi connectivity index (χ1v) is 6.43. The topological polar surface area (TPSA) is 57.6 Å². The van der Waals surface area contributed by atoms with Crippen LogP contribution in [0.1, 0.15) is 35.2 Å². The minimum Gasteiger partial charge on any atom is -0.481 e. The van der Waals surface area contributed by atoms with Crippen molar-refractivity contribution in [3.63, 3.8) is 0 Å². The van der Waals surface area contributed by atoms with Crippen LogP contribution in [0.2, 0.25) is 0 Å². The third-order valence-corrected chi connectivity index (χ3v) is 3.86. The van der Waals surface area contributed by atoms with Crippen LogP contribution >= 0.6 is 0 Å². The van der Waals surface area contributed by atoms with Crippen molar-refractivity contribution in [1.29, 1.82) is 0 Å². The molecule has 0 aromatic heterocycles. The second-order valence-electron chi connectivity index (χ2n) is 5.17. The third-order valence-electron chi connectivity index (χ3n) is 3.86. The Morgan fingerprint density at radius 2 is 2.00 bits per heavy atom. The molecule has 0 radical (unpaired) electrons. The summed E-state index contributed by atoms with van der Waals surface area (Å²) in [5.41, 5.74) is 2.09. The number of fused-ring (bicyclic) bond motifs is 1. The molecule has 1 aromatic rings. The summed E-state index contributed by atoms with van der Waals surface area (Å²) in [7, 11) is 0. The Balaban J connectivity index is 1.95. The summed E-state index contributed by atoms with van der Waals surface area (Å²) >= 11 is 0. The minimum atomic E-state index is -0.867. The molecule has 1 fully saturated rings. The van der Waals surface area contributed by atoms with Crippen molar-refractivity contribution in [2.24, 2.45) is 5.92 Å². The van der Waals surface area contributed by atoms with E-state index in [2.05, 4.69) is 6.58 Å². The zero-order valence-electron chi connectivity index (χ0n) is 10.5. The van der Waals surface area contributed by atoms with Gasteiger partial charge in [-0.15, -0.1) is 0 Å². The normalized spacial score (nSPS) is 19.5. The zero-order valence-corrected chi connectivity index (χ0v) is 10.5. The van der Waals surface area contributed by atoms with Gasteiger partial charge in [-0.2, -0.15) is 0 Å². The average molecular weight is 257 g/mol. The van der Waals surface area contributed by atoms with Crippen LogP contribution in [0.3, 0.4) is 0 Å². The second-order valence-corrected chi connectivity index (χ2v) is 5.17. The molecule has 1 atom stereocenters. The summed E-state index contributed by atoms with van der Waals surface area (Å²) in [5.74, 6) is -0.682. The molecule has 1 aliphatic heterocycles. The molecule has 1 unspecified atom stereocenters. The highest BCUT2D eigenvalue weighted by Gasteiger charge is 2.43. The molecule has 1 aromatic carbocycles. The molecule has 0 saturated heterocycles. The number of carbonyl (C=O) groups is 2. The molecule has 3 rings (SSSR count). The lowest BCUT2D eigenvalue weighted by molar-refractivity contribution is -0.138. The van der Waals surface area contributed by atoms with Gasteiger partial charge >= 0.3 is 5.97 Å². The molecule has 4 heteroatoms. The third kappa shape index (κ3) is 1.93. The summed E-state index contributed by atoms with van der Waals surface area (Å²) in [5, 5.41) is 9.04. The van der Waals surface area contributed by atoms with Crippen LogP contribution in [-0.2, 0) is 4.79 Å². The van der Waals surface area contributed by atoms with E-state index >= 15 is 0 Å². The van der Waals surface area contributed by atoms with Gasteiger partial charge in [-0.25, -0.2) is 0 Å². The van der Waals surface area contributed by atoms with Gasteiger partial charge < -0.3 is 10.0 Å². The molecule has 4 nitrogen and oxygen atoms in total. The van der Waals surface area contributed by atoms with E-state index in [1.54, 1.807) is 11.0 Å². The van der Waals surface area contributed by atoms with Gasteiger partial charge in [0.05, 0.1) is 12.5 Å². The van der Waals surface area contributed by atoms with Gasteiger partial charge in [0.15, 0.2) is 0 Å². The fourth-order valence-corrected chi connectivity index (χ4v) is 2.78. The minimum absolute atomic E-state index is 0.0105. The summed E-state index contributed by atoms with van der Waals surface area (Å²) in [6.45, 7) is 3.98. The molecule has 0 bridgehead atoms. The van der Waals surface area contributed by atoms with Gasteiger partial charge in [-0.3, -0.25) is 9.59 Å².